The van der Waals surface area contributed by atoms with Gasteiger partial charge in [0.1, 0.15) is 0 Å². The molecule has 1 heterocycles. The molecular weight excluding hydrogens is 250 g/mol. The fourth-order valence-corrected chi connectivity index (χ4v) is 2.87. The van der Waals surface area contributed by atoms with Gasteiger partial charge < -0.3 is 15.2 Å². The molecule has 3 nitrogen and oxygen atoms in total. The zero-order valence-corrected chi connectivity index (χ0v) is 11.5. The molecule has 1 aromatic rings. The Morgan fingerprint density at radius 1 is 1.33 bits per heavy atom. The quantitative estimate of drug-likeness (QED) is 0.914. The van der Waals surface area contributed by atoms with Crippen molar-refractivity contribution in [2.45, 2.75) is 44.6 Å². The third kappa shape index (κ3) is 1.95. The molecule has 0 radical (unpaired) electrons. The lowest BCUT2D eigenvalue weighted by atomic mass is 9.91. The van der Waals surface area contributed by atoms with Crippen LogP contribution < -0.4 is 15.2 Å². The van der Waals surface area contributed by atoms with Crippen molar-refractivity contribution >= 4 is 11.6 Å². The maximum absolute atomic E-state index is 6.25. The van der Waals surface area contributed by atoms with Crippen molar-refractivity contribution in [2.75, 3.05) is 6.79 Å². The summed E-state index contributed by atoms with van der Waals surface area (Å²) in [5, 5.41) is 0.631. The van der Waals surface area contributed by atoms with Gasteiger partial charge in [0.05, 0.1) is 5.02 Å². The Morgan fingerprint density at radius 2 is 2.00 bits per heavy atom. The minimum absolute atomic E-state index is 0.0271. The first-order valence-corrected chi connectivity index (χ1v) is 6.78. The SMILES string of the molecule is CC(C)c1c(CC2(N)CC2)cc(Cl)c2c1OCO2. The van der Waals surface area contributed by atoms with Gasteiger partial charge in [-0.15, -0.1) is 0 Å². The van der Waals surface area contributed by atoms with Gasteiger partial charge in [-0.25, -0.2) is 0 Å². The van der Waals surface area contributed by atoms with Gasteiger partial charge in [-0.05, 0) is 36.8 Å². The van der Waals surface area contributed by atoms with Crippen LogP contribution >= 0.6 is 11.6 Å². The minimum Gasteiger partial charge on any atom is -0.453 e. The number of nitrogens with two attached hydrogens (primary N) is 1. The highest BCUT2D eigenvalue weighted by Gasteiger charge is 2.39. The number of hydrogen-bond acceptors (Lipinski definition) is 3. The first-order chi connectivity index (χ1) is 8.50. The van der Waals surface area contributed by atoms with Crippen LogP contribution in [-0.4, -0.2) is 12.3 Å². The zero-order valence-electron chi connectivity index (χ0n) is 10.8. The van der Waals surface area contributed by atoms with Gasteiger partial charge in [-0.2, -0.15) is 0 Å². The van der Waals surface area contributed by atoms with E-state index in [2.05, 4.69) is 13.8 Å². The second-order valence-corrected chi connectivity index (χ2v) is 6.10. The molecule has 4 heteroatoms. The van der Waals surface area contributed by atoms with Gasteiger partial charge in [0.2, 0.25) is 6.79 Å². The van der Waals surface area contributed by atoms with Crippen LogP contribution in [0.2, 0.25) is 5.02 Å². The summed E-state index contributed by atoms with van der Waals surface area (Å²) in [6.07, 6.45) is 3.06. The highest BCUT2D eigenvalue weighted by Crippen LogP contribution is 2.48. The van der Waals surface area contributed by atoms with Crippen LogP contribution in [0, 0.1) is 0 Å². The van der Waals surface area contributed by atoms with E-state index in [-0.39, 0.29) is 12.3 Å². The number of halogens is 1. The summed E-state index contributed by atoms with van der Waals surface area (Å²) in [6, 6.07) is 2.00. The maximum Gasteiger partial charge on any atom is 0.231 e. The summed E-state index contributed by atoms with van der Waals surface area (Å²) in [4.78, 5) is 0. The first-order valence-electron chi connectivity index (χ1n) is 6.40. The van der Waals surface area contributed by atoms with Crippen LogP contribution in [0.3, 0.4) is 0 Å². The molecule has 0 spiro atoms. The second kappa shape index (κ2) is 4.04. The van der Waals surface area contributed by atoms with Gasteiger partial charge in [-0.1, -0.05) is 25.4 Å². The highest BCUT2D eigenvalue weighted by molar-refractivity contribution is 6.32. The summed E-state index contributed by atoms with van der Waals surface area (Å²) in [5.74, 6) is 1.87. The standard InChI is InChI=1S/C14H18ClNO2/c1-8(2)11-9(6-14(16)3-4-14)5-10(15)12-13(11)18-7-17-12/h5,8H,3-4,6-7,16H2,1-2H3. The summed E-state index contributed by atoms with van der Waals surface area (Å²) in [5.41, 5.74) is 8.61. The normalized spacial score (nSPS) is 19.4. The number of benzene rings is 1. The largest absolute Gasteiger partial charge is 0.453 e. The van der Waals surface area contributed by atoms with Crippen LogP contribution in [0.4, 0.5) is 0 Å². The van der Waals surface area contributed by atoms with E-state index in [0.717, 1.165) is 25.0 Å². The number of ether oxygens (including phenoxy) is 2. The minimum atomic E-state index is -0.0271. The molecule has 2 N–H and O–H groups in total. The third-order valence-electron chi connectivity index (χ3n) is 3.73. The Bertz CT molecular complexity index is 495. The van der Waals surface area contributed by atoms with Crippen LogP contribution in [0.5, 0.6) is 11.5 Å². The Labute approximate surface area is 112 Å². The molecule has 0 atom stereocenters. The smallest absolute Gasteiger partial charge is 0.231 e. The Kier molecular flexibility index (Phi) is 2.72. The molecule has 1 fully saturated rings. The molecule has 98 valence electrons. The lowest BCUT2D eigenvalue weighted by Crippen LogP contribution is -2.25. The maximum atomic E-state index is 6.25. The lowest BCUT2D eigenvalue weighted by Gasteiger charge is -2.18. The molecular formula is C14H18ClNO2. The average molecular weight is 268 g/mol. The molecule has 18 heavy (non-hydrogen) atoms. The van der Waals surface area contributed by atoms with E-state index < -0.39 is 0 Å². The molecule has 1 aromatic carbocycles. The number of hydrogen-bond donors (Lipinski definition) is 1. The van der Waals surface area contributed by atoms with E-state index in [9.17, 15) is 0 Å². The fourth-order valence-electron chi connectivity index (χ4n) is 2.59. The number of rotatable bonds is 3. The van der Waals surface area contributed by atoms with Crippen LogP contribution in [0.25, 0.3) is 0 Å². The summed E-state index contributed by atoms with van der Waals surface area (Å²) < 4.78 is 11.0. The summed E-state index contributed by atoms with van der Waals surface area (Å²) >= 11 is 6.25. The Morgan fingerprint density at radius 3 is 2.61 bits per heavy atom. The molecule has 0 saturated heterocycles. The van der Waals surface area contributed by atoms with Crippen LogP contribution in [-0.2, 0) is 6.42 Å². The van der Waals surface area contributed by atoms with Crippen molar-refractivity contribution in [3.05, 3.63) is 22.2 Å². The first kappa shape index (κ1) is 12.1. The molecule has 2 aliphatic rings. The van der Waals surface area contributed by atoms with E-state index in [1.165, 1.54) is 11.1 Å². The van der Waals surface area contributed by atoms with Crippen molar-refractivity contribution in [2.24, 2.45) is 5.73 Å². The third-order valence-corrected chi connectivity index (χ3v) is 4.01. The molecule has 1 aliphatic heterocycles. The van der Waals surface area contributed by atoms with E-state index in [4.69, 9.17) is 26.8 Å². The van der Waals surface area contributed by atoms with Crippen molar-refractivity contribution in [1.82, 2.24) is 0 Å². The predicted octanol–water partition coefficient (Wildman–Crippen LogP) is 3.23. The van der Waals surface area contributed by atoms with E-state index in [1.54, 1.807) is 0 Å². The van der Waals surface area contributed by atoms with Crippen molar-refractivity contribution in [1.29, 1.82) is 0 Å². The predicted molar refractivity (Wildman–Crippen MR) is 71.5 cm³/mol. The monoisotopic (exact) mass is 267 g/mol. The van der Waals surface area contributed by atoms with Crippen LogP contribution in [0.1, 0.15) is 43.7 Å². The van der Waals surface area contributed by atoms with Gasteiger partial charge in [-0.3, -0.25) is 0 Å². The van der Waals surface area contributed by atoms with Crippen molar-refractivity contribution in [3.8, 4) is 11.5 Å². The summed E-state index contributed by atoms with van der Waals surface area (Å²) in [7, 11) is 0. The molecule has 0 aromatic heterocycles. The number of fused-ring (bicyclic) bond motifs is 1. The lowest BCUT2D eigenvalue weighted by molar-refractivity contribution is 0.173. The molecule has 1 aliphatic carbocycles. The topological polar surface area (TPSA) is 44.5 Å². The fraction of sp³-hybridized carbons (Fsp3) is 0.571. The van der Waals surface area contributed by atoms with Crippen molar-refractivity contribution in [3.63, 3.8) is 0 Å². The molecule has 0 bridgehead atoms. The highest BCUT2D eigenvalue weighted by atomic mass is 35.5. The molecule has 0 unspecified atom stereocenters. The van der Waals surface area contributed by atoms with Gasteiger partial charge in [0.15, 0.2) is 11.5 Å². The second-order valence-electron chi connectivity index (χ2n) is 5.69. The van der Waals surface area contributed by atoms with E-state index in [0.29, 0.717) is 16.7 Å². The van der Waals surface area contributed by atoms with E-state index >= 15 is 0 Å². The average Bonchev–Trinajstić information content (AvgIpc) is 2.82. The Balaban J connectivity index is 2.09. The molecule has 3 rings (SSSR count). The van der Waals surface area contributed by atoms with Crippen LogP contribution in [0.15, 0.2) is 6.07 Å². The van der Waals surface area contributed by atoms with Gasteiger partial charge in [0.25, 0.3) is 0 Å². The van der Waals surface area contributed by atoms with Gasteiger partial charge in [0, 0.05) is 11.1 Å². The van der Waals surface area contributed by atoms with E-state index in [1.807, 2.05) is 6.07 Å². The van der Waals surface area contributed by atoms with Gasteiger partial charge >= 0.3 is 0 Å². The Hall–Kier alpha value is -0.930. The molecule has 1 saturated carbocycles. The zero-order chi connectivity index (χ0) is 12.9. The van der Waals surface area contributed by atoms with Crippen molar-refractivity contribution < 1.29 is 9.47 Å². The summed E-state index contributed by atoms with van der Waals surface area (Å²) in [6.45, 7) is 4.57. The molecule has 0 amide bonds.